The normalized spacial score (nSPS) is 11.6. The van der Waals surface area contributed by atoms with Crippen molar-refractivity contribution >= 4 is 38.7 Å². The van der Waals surface area contributed by atoms with Crippen LogP contribution in [0, 0.1) is 0 Å². The molecule has 1 aromatic heterocycles. The summed E-state index contributed by atoms with van der Waals surface area (Å²) in [7, 11) is -2.85. The van der Waals surface area contributed by atoms with E-state index in [0.29, 0.717) is 22.3 Å². The van der Waals surface area contributed by atoms with Gasteiger partial charge in [-0.25, -0.2) is 22.5 Å². The Morgan fingerprint density at radius 1 is 1.00 bits per heavy atom. The number of nitrogens with zero attached hydrogens (tertiary/aromatic N) is 2. The maximum Gasteiger partial charge on any atom is 0.338 e. The summed E-state index contributed by atoms with van der Waals surface area (Å²) in [4.78, 5) is 20.0. The number of fused-ring (bicyclic) bond motifs is 1. The molecule has 0 bridgehead atoms. The van der Waals surface area contributed by atoms with Crippen LogP contribution < -0.4 is 4.31 Å². The average Bonchev–Trinajstić information content (AvgIpc) is 3.22. The van der Waals surface area contributed by atoms with Crippen LogP contribution in [0.4, 0.5) is 11.6 Å². The summed E-state index contributed by atoms with van der Waals surface area (Å²) in [6.07, 6.45) is 0. The lowest BCUT2D eigenvalue weighted by atomic mass is 9.97. The average molecular weight is 450 g/mol. The van der Waals surface area contributed by atoms with E-state index in [4.69, 9.17) is 4.74 Å². The molecule has 8 heteroatoms. The summed E-state index contributed by atoms with van der Waals surface area (Å²) in [5.74, 6) is -0.410. The number of benzene rings is 3. The van der Waals surface area contributed by atoms with Gasteiger partial charge in [0.05, 0.1) is 34.3 Å². The molecule has 1 heterocycles. The quantitative estimate of drug-likeness (QED) is 0.418. The number of carbonyl (C=O) groups is 1. The van der Waals surface area contributed by atoms with E-state index in [1.54, 1.807) is 42.5 Å². The SMILES string of the molecule is COC(=O)c1cc(S(=O)(=O)N(c2ccccc2)c2nc3ccccc3[nH]2)ccc1C(C)C. The Bertz CT molecular complexity index is 1350. The summed E-state index contributed by atoms with van der Waals surface area (Å²) in [6, 6.07) is 20.5. The van der Waals surface area contributed by atoms with Crippen molar-refractivity contribution in [2.45, 2.75) is 24.7 Å². The topological polar surface area (TPSA) is 92.4 Å². The Kier molecular flexibility index (Phi) is 5.71. The lowest BCUT2D eigenvalue weighted by Gasteiger charge is -2.23. The first-order valence-corrected chi connectivity index (χ1v) is 11.5. The summed E-state index contributed by atoms with van der Waals surface area (Å²) >= 11 is 0. The maximum absolute atomic E-state index is 13.9. The van der Waals surface area contributed by atoms with Crippen molar-refractivity contribution in [1.29, 1.82) is 0 Å². The Balaban J connectivity index is 1.92. The van der Waals surface area contributed by atoms with Gasteiger partial charge in [-0.2, -0.15) is 0 Å². The van der Waals surface area contributed by atoms with Crippen LogP contribution in [0.5, 0.6) is 0 Å². The molecule has 164 valence electrons. The molecule has 32 heavy (non-hydrogen) atoms. The van der Waals surface area contributed by atoms with E-state index in [1.807, 2.05) is 32.0 Å². The van der Waals surface area contributed by atoms with E-state index in [1.165, 1.54) is 19.2 Å². The molecule has 4 rings (SSSR count). The lowest BCUT2D eigenvalue weighted by molar-refractivity contribution is 0.0598. The van der Waals surface area contributed by atoms with E-state index in [0.717, 1.165) is 4.31 Å². The van der Waals surface area contributed by atoms with Gasteiger partial charge in [-0.05, 0) is 47.9 Å². The number of aromatic amines is 1. The molecule has 1 N–H and O–H groups in total. The monoisotopic (exact) mass is 449 g/mol. The van der Waals surface area contributed by atoms with Gasteiger partial charge in [-0.3, -0.25) is 0 Å². The molecule has 7 nitrogen and oxygen atoms in total. The number of aromatic nitrogens is 2. The summed E-state index contributed by atoms with van der Waals surface area (Å²) in [5, 5.41) is 0. The molecule has 0 atom stereocenters. The molecule has 0 radical (unpaired) electrons. The van der Waals surface area contributed by atoms with Crippen molar-refractivity contribution in [3.8, 4) is 0 Å². The van der Waals surface area contributed by atoms with Gasteiger partial charge in [0.2, 0.25) is 5.95 Å². The maximum atomic E-state index is 13.9. The van der Waals surface area contributed by atoms with Gasteiger partial charge in [0, 0.05) is 0 Å². The van der Waals surface area contributed by atoms with E-state index in [2.05, 4.69) is 9.97 Å². The molecule has 3 aromatic carbocycles. The number of rotatable bonds is 6. The zero-order valence-corrected chi connectivity index (χ0v) is 18.8. The number of methoxy groups -OCH3 is 1. The van der Waals surface area contributed by atoms with Gasteiger partial charge in [0.1, 0.15) is 0 Å². The van der Waals surface area contributed by atoms with Crippen LogP contribution in [0.25, 0.3) is 11.0 Å². The largest absolute Gasteiger partial charge is 0.465 e. The molecular weight excluding hydrogens is 426 g/mol. The fourth-order valence-corrected chi connectivity index (χ4v) is 5.00. The first-order valence-electron chi connectivity index (χ1n) is 10.1. The van der Waals surface area contributed by atoms with Gasteiger partial charge in [0.25, 0.3) is 10.0 Å². The molecule has 0 amide bonds. The number of hydrogen-bond donors (Lipinski definition) is 1. The summed E-state index contributed by atoms with van der Waals surface area (Å²) in [5.41, 5.74) is 2.71. The van der Waals surface area contributed by atoms with Gasteiger partial charge in [0.15, 0.2) is 0 Å². The first kappa shape index (κ1) is 21.6. The number of ether oxygens (including phenoxy) is 1. The minimum Gasteiger partial charge on any atom is -0.465 e. The molecule has 0 aliphatic rings. The number of nitrogens with one attached hydrogen (secondary N) is 1. The Labute approximate surface area is 186 Å². The minimum atomic E-state index is -4.13. The molecule has 4 aromatic rings. The summed E-state index contributed by atoms with van der Waals surface area (Å²) < 4.78 is 33.8. The van der Waals surface area contributed by atoms with Gasteiger partial charge < -0.3 is 9.72 Å². The van der Waals surface area contributed by atoms with Gasteiger partial charge >= 0.3 is 5.97 Å². The van der Waals surface area contributed by atoms with Crippen LogP contribution >= 0.6 is 0 Å². The number of H-pyrrole nitrogens is 1. The van der Waals surface area contributed by atoms with Crippen LogP contribution in [0.3, 0.4) is 0 Å². The van der Waals surface area contributed by atoms with Crippen molar-refractivity contribution in [2.24, 2.45) is 0 Å². The van der Waals surface area contributed by atoms with Crippen molar-refractivity contribution in [3.63, 3.8) is 0 Å². The zero-order chi connectivity index (χ0) is 22.9. The fraction of sp³-hybridized carbons (Fsp3) is 0.167. The molecular formula is C24H23N3O4S. The second kappa shape index (κ2) is 8.47. The fourth-order valence-electron chi connectivity index (χ4n) is 3.57. The van der Waals surface area contributed by atoms with E-state index >= 15 is 0 Å². The Hall–Kier alpha value is -3.65. The standard InChI is InChI=1S/C24H23N3O4S/c1-16(2)19-14-13-18(15-20(19)23(28)31-3)32(29,30)27(17-9-5-4-6-10-17)24-25-21-11-7-8-12-22(21)26-24/h4-16H,1-3H3,(H,25,26). The summed E-state index contributed by atoms with van der Waals surface area (Å²) in [6.45, 7) is 3.86. The van der Waals surface area contributed by atoms with E-state index < -0.39 is 16.0 Å². The van der Waals surface area contributed by atoms with Crippen molar-refractivity contribution in [1.82, 2.24) is 9.97 Å². The van der Waals surface area contributed by atoms with Gasteiger partial charge in [-0.1, -0.05) is 50.2 Å². The molecule has 0 unspecified atom stereocenters. The predicted octanol–water partition coefficient (Wildman–Crippen LogP) is 5.00. The minimum absolute atomic E-state index is 0.0152. The molecule has 0 spiro atoms. The third-order valence-electron chi connectivity index (χ3n) is 5.15. The van der Waals surface area contributed by atoms with Crippen LogP contribution in [0.15, 0.2) is 77.7 Å². The Morgan fingerprint density at radius 3 is 2.34 bits per heavy atom. The van der Waals surface area contributed by atoms with Crippen LogP contribution in [-0.2, 0) is 14.8 Å². The second-order valence-electron chi connectivity index (χ2n) is 7.58. The third kappa shape index (κ3) is 3.85. The highest BCUT2D eigenvalue weighted by Crippen LogP contribution is 2.33. The number of imidazole rings is 1. The molecule has 0 fully saturated rings. The number of para-hydroxylation sites is 3. The van der Waals surface area contributed by atoms with Crippen molar-refractivity contribution < 1.29 is 17.9 Å². The second-order valence-corrected chi connectivity index (χ2v) is 9.36. The van der Waals surface area contributed by atoms with Gasteiger partial charge in [-0.15, -0.1) is 0 Å². The molecule has 0 saturated heterocycles. The first-order chi connectivity index (χ1) is 15.3. The number of sulfonamides is 1. The number of hydrogen-bond acceptors (Lipinski definition) is 5. The van der Waals surface area contributed by atoms with Crippen LogP contribution in [-0.4, -0.2) is 31.5 Å². The number of esters is 1. The molecule has 0 aliphatic carbocycles. The third-order valence-corrected chi connectivity index (χ3v) is 6.86. The van der Waals surface area contributed by atoms with Crippen LogP contribution in [0.2, 0.25) is 0 Å². The van der Waals surface area contributed by atoms with E-state index in [-0.39, 0.29) is 22.3 Å². The number of carbonyl (C=O) groups excluding carboxylic acids is 1. The van der Waals surface area contributed by atoms with Crippen molar-refractivity contribution in [3.05, 3.63) is 83.9 Å². The highest BCUT2D eigenvalue weighted by Gasteiger charge is 2.31. The molecule has 0 saturated carbocycles. The van der Waals surface area contributed by atoms with Crippen molar-refractivity contribution in [2.75, 3.05) is 11.4 Å². The number of anilines is 2. The van der Waals surface area contributed by atoms with Crippen LogP contribution in [0.1, 0.15) is 35.7 Å². The zero-order valence-electron chi connectivity index (χ0n) is 17.9. The smallest absolute Gasteiger partial charge is 0.338 e. The predicted molar refractivity (Wildman–Crippen MR) is 124 cm³/mol. The molecule has 0 aliphatic heterocycles. The lowest BCUT2D eigenvalue weighted by Crippen LogP contribution is -2.27. The Morgan fingerprint density at radius 2 is 1.69 bits per heavy atom. The highest BCUT2D eigenvalue weighted by molar-refractivity contribution is 7.93. The van der Waals surface area contributed by atoms with E-state index in [9.17, 15) is 13.2 Å². The highest BCUT2D eigenvalue weighted by atomic mass is 32.2.